The van der Waals surface area contributed by atoms with Crippen molar-refractivity contribution in [3.63, 3.8) is 0 Å². The highest BCUT2D eigenvalue weighted by molar-refractivity contribution is 4.92. The summed E-state index contributed by atoms with van der Waals surface area (Å²) in [5.74, 6) is -1.54. The fraction of sp³-hybridized carbons (Fsp3) is 1.00. The standard InChI is InChI=1S/C10H20O4/c1-11-9(12-2)7-5-6-8-10(9,13-3)14-4/h5-8H2,1-4H3. The van der Waals surface area contributed by atoms with Crippen molar-refractivity contribution >= 4 is 0 Å². The Morgan fingerprint density at radius 2 is 0.929 bits per heavy atom. The van der Waals surface area contributed by atoms with Crippen LogP contribution in [-0.4, -0.2) is 40.0 Å². The van der Waals surface area contributed by atoms with Gasteiger partial charge in [0.2, 0.25) is 11.6 Å². The fourth-order valence-electron chi connectivity index (χ4n) is 2.29. The average Bonchev–Trinajstić information content (AvgIpc) is 2.28. The van der Waals surface area contributed by atoms with Crippen molar-refractivity contribution in [2.45, 2.75) is 37.3 Å². The average molecular weight is 204 g/mol. The summed E-state index contributed by atoms with van der Waals surface area (Å²) >= 11 is 0. The largest absolute Gasteiger partial charge is 0.349 e. The zero-order valence-corrected chi connectivity index (χ0v) is 9.46. The Morgan fingerprint density at radius 3 is 1.14 bits per heavy atom. The van der Waals surface area contributed by atoms with Gasteiger partial charge < -0.3 is 18.9 Å². The summed E-state index contributed by atoms with van der Waals surface area (Å²) in [5.41, 5.74) is 0. The zero-order chi connectivity index (χ0) is 10.7. The van der Waals surface area contributed by atoms with Gasteiger partial charge in [-0.1, -0.05) is 0 Å². The van der Waals surface area contributed by atoms with E-state index >= 15 is 0 Å². The number of methoxy groups -OCH3 is 4. The van der Waals surface area contributed by atoms with Crippen molar-refractivity contribution in [3.05, 3.63) is 0 Å². The maximum absolute atomic E-state index is 5.45. The van der Waals surface area contributed by atoms with Gasteiger partial charge in [0.25, 0.3) is 0 Å². The Bertz CT molecular complexity index is 153. The Labute approximate surface area is 85.5 Å². The minimum absolute atomic E-state index is 0.769. The molecule has 0 radical (unpaired) electrons. The van der Waals surface area contributed by atoms with E-state index in [1.54, 1.807) is 28.4 Å². The first kappa shape index (κ1) is 11.9. The molecule has 0 aromatic rings. The summed E-state index contributed by atoms with van der Waals surface area (Å²) < 4.78 is 21.8. The first-order valence-electron chi connectivity index (χ1n) is 4.91. The summed E-state index contributed by atoms with van der Waals surface area (Å²) in [4.78, 5) is 0. The van der Waals surface area contributed by atoms with E-state index in [4.69, 9.17) is 18.9 Å². The van der Waals surface area contributed by atoms with Crippen LogP contribution < -0.4 is 0 Å². The molecule has 1 saturated carbocycles. The summed E-state index contributed by atoms with van der Waals surface area (Å²) in [6, 6.07) is 0. The number of rotatable bonds is 4. The predicted octanol–water partition coefficient (Wildman–Crippen LogP) is 1.54. The molecule has 0 atom stereocenters. The predicted molar refractivity (Wildman–Crippen MR) is 52.0 cm³/mol. The van der Waals surface area contributed by atoms with Gasteiger partial charge in [-0.3, -0.25) is 0 Å². The highest BCUT2D eigenvalue weighted by Gasteiger charge is 2.55. The van der Waals surface area contributed by atoms with Crippen molar-refractivity contribution in [1.82, 2.24) is 0 Å². The van der Waals surface area contributed by atoms with Crippen LogP contribution >= 0.6 is 0 Å². The summed E-state index contributed by atoms with van der Waals surface area (Å²) in [6.45, 7) is 0. The van der Waals surface area contributed by atoms with E-state index in [2.05, 4.69) is 0 Å². The van der Waals surface area contributed by atoms with Gasteiger partial charge in [-0.15, -0.1) is 0 Å². The van der Waals surface area contributed by atoms with Crippen LogP contribution in [0.1, 0.15) is 25.7 Å². The van der Waals surface area contributed by atoms with Crippen LogP contribution in [0.25, 0.3) is 0 Å². The van der Waals surface area contributed by atoms with Gasteiger partial charge in [0.15, 0.2) is 0 Å². The molecule has 1 aliphatic rings. The van der Waals surface area contributed by atoms with E-state index in [-0.39, 0.29) is 0 Å². The van der Waals surface area contributed by atoms with Crippen LogP contribution in [0.4, 0.5) is 0 Å². The third kappa shape index (κ3) is 1.56. The maximum Gasteiger partial charge on any atom is 0.223 e. The molecular weight excluding hydrogens is 184 g/mol. The summed E-state index contributed by atoms with van der Waals surface area (Å²) in [6.07, 6.45) is 3.72. The lowest BCUT2D eigenvalue weighted by atomic mass is 9.87. The van der Waals surface area contributed by atoms with Gasteiger partial charge >= 0.3 is 0 Å². The molecule has 0 aliphatic heterocycles. The lowest BCUT2D eigenvalue weighted by Crippen LogP contribution is -2.60. The molecule has 0 heterocycles. The summed E-state index contributed by atoms with van der Waals surface area (Å²) in [5, 5.41) is 0. The lowest BCUT2D eigenvalue weighted by Gasteiger charge is -2.48. The van der Waals surface area contributed by atoms with Crippen molar-refractivity contribution in [2.75, 3.05) is 28.4 Å². The maximum atomic E-state index is 5.45. The number of hydrogen-bond donors (Lipinski definition) is 0. The molecule has 0 N–H and O–H groups in total. The van der Waals surface area contributed by atoms with Gasteiger partial charge in [-0.05, 0) is 12.8 Å². The molecule has 1 rings (SSSR count). The highest BCUT2D eigenvalue weighted by Crippen LogP contribution is 2.42. The fourth-order valence-corrected chi connectivity index (χ4v) is 2.29. The SMILES string of the molecule is COC1(OC)CCCCC1(OC)OC. The van der Waals surface area contributed by atoms with Crippen molar-refractivity contribution in [3.8, 4) is 0 Å². The van der Waals surface area contributed by atoms with Gasteiger partial charge in [0, 0.05) is 41.3 Å². The quantitative estimate of drug-likeness (QED) is 0.651. The normalized spacial score (nSPS) is 24.9. The molecule has 0 unspecified atom stereocenters. The molecule has 0 aromatic carbocycles. The number of hydrogen-bond acceptors (Lipinski definition) is 4. The molecule has 1 fully saturated rings. The highest BCUT2D eigenvalue weighted by atomic mass is 16.8. The van der Waals surface area contributed by atoms with Gasteiger partial charge in [0.1, 0.15) is 0 Å². The molecule has 1 aliphatic carbocycles. The van der Waals surface area contributed by atoms with Crippen molar-refractivity contribution in [1.29, 1.82) is 0 Å². The van der Waals surface area contributed by atoms with E-state index in [1.807, 2.05) is 0 Å². The summed E-state index contributed by atoms with van der Waals surface area (Å²) in [7, 11) is 6.51. The molecule has 4 nitrogen and oxygen atoms in total. The van der Waals surface area contributed by atoms with E-state index in [0.717, 1.165) is 25.7 Å². The minimum Gasteiger partial charge on any atom is -0.349 e. The Balaban J connectivity index is 2.96. The molecule has 4 heteroatoms. The first-order valence-corrected chi connectivity index (χ1v) is 4.91. The number of ether oxygens (including phenoxy) is 4. The van der Waals surface area contributed by atoms with E-state index in [9.17, 15) is 0 Å². The second kappa shape index (κ2) is 4.57. The van der Waals surface area contributed by atoms with E-state index < -0.39 is 11.6 Å². The topological polar surface area (TPSA) is 36.9 Å². The second-order valence-electron chi connectivity index (χ2n) is 3.53. The molecule has 0 bridgehead atoms. The Hall–Kier alpha value is -0.160. The third-order valence-corrected chi connectivity index (χ3v) is 3.16. The minimum atomic E-state index is -0.769. The Morgan fingerprint density at radius 1 is 0.643 bits per heavy atom. The van der Waals surface area contributed by atoms with Crippen LogP contribution in [-0.2, 0) is 18.9 Å². The lowest BCUT2D eigenvalue weighted by molar-refractivity contribution is -0.399. The monoisotopic (exact) mass is 204 g/mol. The van der Waals surface area contributed by atoms with Crippen LogP contribution in [0, 0.1) is 0 Å². The van der Waals surface area contributed by atoms with Crippen LogP contribution in [0.5, 0.6) is 0 Å². The molecule has 84 valence electrons. The first-order chi connectivity index (χ1) is 6.70. The van der Waals surface area contributed by atoms with Gasteiger partial charge in [-0.25, -0.2) is 0 Å². The zero-order valence-electron chi connectivity index (χ0n) is 9.46. The van der Waals surface area contributed by atoms with Gasteiger partial charge in [-0.2, -0.15) is 0 Å². The molecule has 0 saturated heterocycles. The molecule has 14 heavy (non-hydrogen) atoms. The Kier molecular flexibility index (Phi) is 3.89. The molecule has 0 aromatic heterocycles. The van der Waals surface area contributed by atoms with E-state index in [0.29, 0.717) is 0 Å². The van der Waals surface area contributed by atoms with E-state index in [1.165, 1.54) is 0 Å². The van der Waals surface area contributed by atoms with Crippen molar-refractivity contribution < 1.29 is 18.9 Å². The second-order valence-corrected chi connectivity index (χ2v) is 3.53. The van der Waals surface area contributed by atoms with Crippen LogP contribution in [0.2, 0.25) is 0 Å². The third-order valence-electron chi connectivity index (χ3n) is 3.16. The van der Waals surface area contributed by atoms with Crippen LogP contribution in [0.3, 0.4) is 0 Å². The smallest absolute Gasteiger partial charge is 0.223 e. The van der Waals surface area contributed by atoms with Gasteiger partial charge in [0.05, 0.1) is 0 Å². The molecular formula is C10H20O4. The van der Waals surface area contributed by atoms with Crippen molar-refractivity contribution in [2.24, 2.45) is 0 Å². The molecule has 0 spiro atoms. The molecule has 0 amide bonds. The van der Waals surface area contributed by atoms with Crippen LogP contribution in [0.15, 0.2) is 0 Å².